The number of thioether (sulfide) groups is 1. The molecular formula is C9H6N2S. The van der Waals surface area contributed by atoms with Crippen LogP contribution in [0.5, 0.6) is 0 Å². The monoisotopic (exact) mass is 174 g/mol. The summed E-state index contributed by atoms with van der Waals surface area (Å²) >= 11 is 1.78. The van der Waals surface area contributed by atoms with Crippen LogP contribution in [-0.2, 0) is 0 Å². The molecule has 1 aromatic rings. The fourth-order valence-electron chi connectivity index (χ4n) is 1.43. The first-order chi connectivity index (χ1) is 5.93. The van der Waals surface area contributed by atoms with Crippen LogP contribution in [0, 0.1) is 0 Å². The Bertz CT molecular complexity index is 488. The first-order valence-electron chi connectivity index (χ1n) is 3.79. The average Bonchev–Trinajstić information content (AvgIpc) is 2.64. The SMILES string of the molecule is C1=Cc2cc3c(cc2=N1)SCN=3. The van der Waals surface area contributed by atoms with Gasteiger partial charge in [-0.15, -0.1) is 11.8 Å². The number of nitrogens with zero attached hydrogens (tertiary/aromatic N) is 2. The Morgan fingerprint density at radius 1 is 1.25 bits per heavy atom. The molecule has 0 saturated heterocycles. The second kappa shape index (κ2) is 2.20. The van der Waals surface area contributed by atoms with Gasteiger partial charge < -0.3 is 0 Å². The molecule has 0 saturated carbocycles. The Morgan fingerprint density at radius 2 is 2.25 bits per heavy atom. The number of hydrogen-bond acceptors (Lipinski definition) is 3. The maximum Gasteiger partial charge on any atom is 0.0898 e. The minimum Gasteiger partial charge on any atom is -0.273 e. The normalized spacial score (nSPS) is 16.7. The van der Waals surface area contributed by atoms with Crippen LogP contribution >= 0.6 is 11.8 Å². The molecule has 3 heteroatoms. The van der Waals surface area contributed by atoms with Crippen molar-refractivity contribution in [1.29, 1.82) is 0 Å². The molecule has 0 amide bonds. The molecule has 0 radical (unpaired) electrons. The molecule has 2 nitrogen and oxygen atoms in total. The van der Waals surface area contributed by atoms with Crippen molar-refractivity contribution in [2.75, 3.05) is 5.88 Å². The van der Waals surface area contributed by atoms with E-state index in [2.05, 4.69) is 22.1 Å². The highest BCUT2D eigenvalue weighted by Crippen LogP contribution is 2.17. The van der Waals surface area contributed by atoms with Gasteiger partial charge in [0.15, 0.2) is 0 Å². The van der Waals surface area contributed by atoms with Gasteiger partial charge in [-0.3, -0.25) is 9.98 Å². The Kier molecular flexibility index (Phi) is 1.18. The van der Waals surface area contributed by atoms with Gasteiger partial charge >= 0.3 is 0 Å². The summed E-state index contributed by atoms with van der Waals surface area (Å²) in [7, 11) is 0. The highest BCUT2D eigenvalue weighted by molar-refractivity contribution is 7.99. The Balaban J connectivity index is 2.45. The lowest BCUT2D eigenvalue weighted by atomic mass is 10.2. The molecule has 0 unspecified atom stereocenters. The standard InChI is InChI=1S/C9H6N2S/c1-2-10-7-4-9-8(3-6(1)7)11-5-12-9/h1-4H,5H2. The van der Waals surface area contributed by atoms with Crippen molar-refractivity contribution in [1.82, 2.24) is 0 Å². The highest BCUT2D eigenvalue weighted by Gasteiger charge is 2.07. The predicted octanol–water partition coefficient (Wildman–Crippen LogP) is 0.973. The lowest BCUT2D eigenvalue weighted by molar-refractivity contribution is 1.18. The molecule has 0 N–H and O–H groups in total. The predicted molar refractivity (Wildman–Crippen MR) is 48.5 cm³/mol. The van der Waals surface area contributed by atoms with Gasteiger partial charge in [0.25, 0.3) is 0 Å². The lowest BCUT2D eigenvalue weighted by Gasteiger charge is -1.92. The number of hydrogen-bond donors (Lipinski definition) is 0. The molecule has 1 aromatic carbocycles. The van der Waals surface area contributed by atoms with E-state index in [0.29, 0.717) is 0 Å². The summed E-state index contributed by atoms with van der Waals surface area (Å²) < 4.78 is 0. The smallest absolute Gasteiger partial charge is 0.0898 e. The van der Waals surface area contributed by atoms with E-state index in [-0.39, 0.29) is 0 Å². The third-order valence-electron chi connectivity index (χ3n) is 2.03. The van der Waals surface area contributed by atoms with E-state index in [0.717, 1.165) is 16.6 Å². The summed E-state index contributed by atoms with van der Waals surface area (Å²) in [6.45, 7) is 0. The molecule has 2 heterocycles. The van der Waals surface area contributed by atoms with Crippen molar-refractivity contribution >= 4 is 17.8 Å². The molecule has 2 aliphatic heterocycles. The van der Waals surface area contributed by atoms with Crippen LogP contribution < -0.4 is 10.7 Å². The van der Waals surface area contributed by atoms with Crippen LogP contribution in [-0.4, -0.2) is 5.88 Å². The van der Waals surface area contributed by atoms with E-state index in [1.807, 2.05) is 12.3 Å². The molecule has 58 valence electrons. The van der Waals surface area contributed by atoms with Gasteiger partial charge in [0.1, 0.15) is 0 Å². The Labute approximate surface area is 73.7 Å². The summed E-state index contributed by atoms with van der Waals surface area (Å²) in [5.41, 5.74) is 1.19. The van der Waals surface area contributed by atoms with E-state index in [1.165, 1.54) is 10.5 Å². The Hall–Kier alpha value is -1.09. The van der Waals surface area contributed by atoms with Crippen LogP contribution in [0.4, 0.5) is 0 Å². The first-order valence-corrected chi connectivity index (χ1v) is 4.78. The summed E-state index contributed by atoms with van der Waals surface area (Å²) in [6, 6.07) is 4.23. The van der Waals surface area contributed by atoms with Gasteiger partial charge in [0.05, 0.1) is 16.6 Å². The van der Waals surface area contributed by atoms with Gasteiger partial charge in [-0.05, 0) is 18.2 Å². The lowest BCUT2D eigenvalue weighted by Crippen LogP contribution is -2.11. The third kappa shape index (κ3) is 0.770. The van der Waals surface area contributed by atoms with Gasteiger partial charge in [0.2, 0.25) is 0 Å². The fourth-order valence-corrected chi connectivity index (χ4v) is 2.24. The second-order valence-electron chi connectivity index (χ2n) is 2.76. The maximum atomic E-state index is 4.36. The molecular weight excluding hydrogens is 168 g/mol. The van der Waals surface area contributed by atoms with Crippen LogP contribution in [0.1, 0.15) is 5.56 Å². The van der Waals surface area contributed by atoms with Crippen molar-refractivity contribution in [2.24, 2.45) is 9.98 Å². The van der Waals surface area contributed by atoms with E-state index >= 15 is 0 Å². The van der Waals surface area contributed by atoms with Crippen LogP contribution in [0.3, 0.4) is 0 Å². The van der Waals surface area contributed by atoms with E-state index < -0.39 is 0 Å². The van der Waals surface area contributed by atoms with Crippen LogP contribution in [0.25, 0.3) is 6.08 Å². The zero-order valence-corrected chi connectivity index (χ0v) is 7.14. The molecule has 0 bridgehead atoms. The summed E-state index contributed by atoms with van der Waals surface area (Å²) in [6.07, 6.45) is 3.86. The molecule has 3 rings (SSSR count). The third-order valence-corrected chi connectivity index (χ3v) is 2.93. The summed E-state index contributed by atoms with van der Waals surface area (Å²) in [5, 5.41) is 2.21. The van der Waals surface area contributed by atoms with Gasteiger partial charge in [-0.2, -0.15) is 0 Å². The van der Waals surface area contributed by atoms with Crippen molar-refractivity contribution < 1.29 is 0 Å². The molecule has 0 fully saturated rings. The van der Waals surface area contributed by atoms with Gasteiger partial charge in [-0.1, -0.05) is 0 Å². The minimum absolute atomic E-state index is 0.863. The highest BCUT2D eigenvalue weighted by atomic mass is 32.2. The zero-order chi connectivity index (χ0) is 7.97. The van der Waals surface area contributed by atoms with E-state index in [4.69, 9.17) is 0 Å². The topological polar surface area (TPSA) is 24.7 Å². The molecule has 12 heavy (non-hydrogen) atoms. The molecule has 0 aliphatic carbocycles. The molecule has 2 aliphatic rings. The minimum atomic E-state index is 0.863. The molecule has 0 atom stereocenters. The molecule has 0 spiro atoms. The number of fused-ring (bicyclic) bond motifs is 2. The quantitative estimate of drug-likeness (QED) is 0.575. The van der Waals surface area contributed by atoms with Crippen molar-refractivity contribution in [3.8, 4) is 0 Å². The van der Waals surface area contributed by atoms with Crippen LogP contribution in [0.15, 0.2) is 33.2 Å². The van der Waals surface area contributed by atoms with Crippen molar-refractivity contribution in [3.63, 3.8) is 0 Å². The van der Waals surface area contributed by atoms with Crippen LogP contribution in [0.2, 0.25) is 0 Å². The second-order valence-corrected chi connectivity index (χ2v) is 3.74. The van der Waals surface area contributed by atoms with Gasteiger partial charge in [-0.25, -0.2) is 0 Å². The van der Waals surface area contributed by atoms with E-state index in [1.54, 1.807) is 11.8 Å². The van der Waals surface area contributed by atoms with Gasteiger partial charge in [0, 0.05) is 16.7 Å². The van der Waals surface area contributed by atoms with Crippen molar-refractivity contribution in [2.45, 2.75) is 4.90 Å². The first kappa shape index (κ1) is 6.43. The fraction of sp³-hybridized carbons (Fsp3) is 0.111. The summed E-state index contributed by atoms with van der Waals surface area (Å²) in [4.78, 5) is 9.87. The maximum absolute atomic E-state index is 4.36. The largest absolute Gasteiger partial charge is 0.273 e. The zero-order valence-electron chi connectivity index (χ0n) is 6.32. The number of rotatable bonds is 0. The average molecular weight is 174 g/mol. The number of benzene rings is 1. The van der Waals surface area contributed by atoms with Crippen molar-refractivity contribution in [3.05, 3.63) is 34.6 Å². The molecule has 0 aromatic heterocycles. The summed E-state index contributed by atoms with van der Waals surface area (Å²) in [5.74, 6) is 0.863. The Morgan fingerprint density at radius 3 is 3.25 bits per heavy atom. The van der Waals surface area contributed by atoms with E-state index in [9.17, 15) is 0 Å².